The third-order valence-electron chi connectivity index (χ3n) is 4.43. The van der Waals surface area contributed by atoms with E-state index in [1.807, 2.05) is 43.5 Å². The van der Waals surface area contributed by atoms with Crippen molar-refractivity contribution in [2.45, 2.75) is 26.4 Å². The number of nitrogens with one attached hydrogen (secondary N) is 1. The van der Waals surface area contributed by atoms with Crippen molar-refractivity contribution in [3.8, 4) is 0 Å². The Morgan fingerprint density at radius 2 is 2.07 bits per heavy atom. The van der Waals surface area contributed by atoms with Crippen LogP contribution >= 0.6 is 22.9 Å². The summed E-state index contributed by atoms with van der Waals surface area (Å²) >= 11 is 7.54. The number of nitrogens with zero attached hydrogens (tertiary/aromatic N) is 7. The van der Waals surface area contributed by atoms with Gasteiger partial charge in [-0.05, 0) is 30.4 Å². The largest absolute Gasteiger partial charge is 0.390 e. The molecular weight excluding hydrogens is 428 g/mol. The highest BCUT2D eigenvalue weighted by molar-refractivity contribution is 7.15. The van der Waals surface area contributed by atoms with Crippen LogP contribution in [0.2, 0.25) is 5.02 Å². The maximum atomic E-state index is 10.9. The molecule has 3 aromatic heterocycles. The number of hydrogen-bond acceptors (Lipinski definition) is 8. The first kappa shape index (κ1) is 20.0. The molecule has 0 fully saturated rings. The molecule has 0 saturated carbocycles. The number of rotatable bonds is 7. The first-order valence-corrected chi connectivity index (χ1v) is 10.2. The predicted molar refractivity (Wildman–Crippen MR) is 113 cm³/mol. The van der Waals surface area contributed by atoms with E-state index in [2.05, 4.69) is 25.7 Å². The van der Waals surface area contributed by atoms with Crippen LogP contribution < -0.4 is 5.32 Å². The molecule has 0 radical (unpaired) electrons. The van der Waals surface area contributed by atoms with E-state index in [0.29, 0.717) is 33.2 Å². The van der Waals surface area contributed by atoms with Gasteiger partial charge in [0, 0.05) is 17.3 Å². The number of nitro groups is 1. The van der Waals surface area contributed by atoms with Crippen LogP contribution in [0.25, 0.3) is 0 Å². The van der Waals surface area contributed by atoms with Gasteiger partial charge in [0.1, 0.15) is 11.0 Å². The Labute approximate surface area is 180 Å². The van der Waals surface area contributed by atoms with Gasteiger partial charge in [-0.3, -0.25) is 4.68 Å². The monoisotopic (exact) mass is 444 g/mol. The number of aromatic nitrogens is 6. The molecule has 4 rings (SSSR count). The van der Waals surface area contributed by atoms with Gasteiger partial charge in [0.05, 0.1) is 23.4 Å². The zero-order valence-corrected chi connectivity index (χ0v) is 17.6. The number of aryl methyl sites for hydroxylation is 1. The van der Waals surface area contributed by atoms with Crippen molar-refractivity contribution in [1.29, 1.82) is 0 Å². The highest BCUT2D eigenvalue weighted by Gasteiger charge is 2.23. The minimum atomic E-state index is -0.512. The molecule has 154 valence electrons. The Balaban J connectivity index is 1.46. The topological polar surface area (TPSA) is 117 Å². The average Bonchev–Trinajstić information content (AvgIpc) is 3.44. The normalized spacial score (nSPS) is 12.1. The van der Waals surface area contributed by atoms with Crippen LogP contribution in [0.1, 0.15) is 29.2 Å². The van der Waals surface area contributed by atoms with Crippen molar-refractivity contribution in [3.63, 3.8) is 0 Å². The van der Waals surface area contributed by atoms with Gasteiger partial charge in [0.25, 0.3) is 0 Å². The Morgan fingerprint density at radius 1 is 1.27 bits per heavy atom. The van der Waals surface area contributed by atoms with Gasteiger partial charge >= 0.3 is 5.82 Å². The lowest BCUT2D eigenvalue weighted by Gasteiger charge is -2.05. The molecule has 0 amide bonds. The number of hydrogen-bond donors (Lipinski definition) is 1. The number of anilines is 2. The lowest BCUT2D eigenvalue weighted by molar-refractivity contribution is -0.389. The van der Waals surface area contributed by atoms with E-state index >= 15 is 0 Å². The van der Waals surface area contributed by atoms with E-state index in [1.54, 1.807) is 16.3 Å². The van der Waals surface area contributed by atoms with Crippen LogP contribution in [-0.4, -0.2) is 34.7 Å². The van der Waals surface area contributed by atoms with Crippen molar-refractivity contribution in [1.82, 2.24) is 29.8 Å². The number of halogens is 1. The predicted octanol–water partition coefficient (Wildman–Crippen LogP) is 4.20. The average molecular weight is 445 g/mol. The Morgan fingerprint density at radius 3 is 2.80 bits per heavy atom. The molecule has 30 heavy (non-hydrogen) atoms. The van der Waals surface area contributed by atoms with Crippen LogP contribution in [0.15, 0.2) is 42.6 Å². The van der Waals surface area contributed by atoms with Crippen LogP contribution in [0.3, 0.4) is 0 Å². The maximum absolute atomic E-state index is 10.9. The quantitative estimate of drug-likeness (QED) is 0.335. The molecular formula is C18H17ClN8O2S. The standard InChI is InChI=1S/C18H17ClN8O2S/c1-11-9-16(27(28)29)24-26(11)12(2)17-21-22-18(30-17)20-15-7-8-25(23-15)10-13-5-3-4-6-14(13)19/h3-9,12H,10H2,1-2H3,(H,20,22,23)/t12-/m1/s1. The Kier molecular flexibility index (Phi) is 5.46. The molecule has 1 N–H and O–H groups in total. The molecule has 0 bridgehead atoms. The van der Waals surface area contributed by atoms with Gasteiger partial charge in [-0.15, -0.1) is 10.2 Å². The molecule has 3 heterocycles. The van der Waals surface area contributed by atoms with Crippen LogP contribution in [0, 0.1) is 17.0 Å². The third-order valence-corrected chi connectivity index (χ3v) is 5.81. The van der Waals surface area contributed by atoms with E-state index in [4.69, 9.17) is 11.6 Å². The van der Waals surface area contributed by atoms with Gasteiger partial charge < -0.3 is 15.4 Å². The van der Waals surface area contributed by atoms with Crippen molar-refractivity contribution in [2.75, 3.05) is 5.32 Å². The summed E-state index contributed by atoms with van der Waals surface area (Å²) in [6, 6.07) is 10.6. The van der Waals surface area contributed by atoms with Crippen molar-refractivity contribution in [3.05, 3.63) is 74.0 Å². The highest BCUT2D eigenvalue weighted by Crippen LogP contribution is 2.28. The second kappa shape index (κ2) is 8.20. The summed E-state index contributed by atoms with van der Waals surface area (Å²) in [6.45, 7) is 4.19. The zero-order chi connectivity index (χ0) is 21.3. The summed E-state index contributed by atoms with van der Waals surface area (Å²) in [5.74, 6) is 0.439. The fraction of sp³-hybridized carbons (Fsp3) is 0.222. The van der Waals surface area contributed by atoms with Gasteiger partial charge in [0.2, 0.25) is 5.13 Å². The molecule has 0 aliphatic heterocycles. The lowest BCUT2D eigenvalue weighted by Crippen LogP contribution is -2.10. The van der Waals surface area contributed by atoms with Crippen molar-refractivity contribution in [2.24, 2.45) is 0 Å². The summed E-state index contributed by atoms with van der Waals surface area (Å²) in [6.07, 6.45) is 1.85. The Bertz CT molecular complexity index is 1200. The van der Waals surface area contributed by atoms with Gasteiger partial charge in [-0.25, -0.2) is 0 Å². The van der Waals surface area contributed by atoms with Gasteiger partial charge in [-0.1, -0.05) is 41.1 Å². The molecule has 10 nitrogen and oxygen atoms in total. The van der Waals surface area contributed by atoms with Crippen molar-refractivity contribution < 1.29 is 4.92 Å². The maximum Gasteiger partial charge on any atom is 0.390 e. The molecule has 0 aliphatic rings. The zero-order valence-electron chi connectivity index (χ0n) is 16.1. The highest BCUT2D eigenvalue weighted by atomic mass is 35.5. The van der Waals surface area contributed by atoms with Crippen LogP contribution in [-0.2, 0) is 6.54 Å². The molecule has 4 aromatic rings. The minimum absolute atomic E-state index is 0.189. The number of benzene rings is 1. The second-order valence-corrected chi connectivity index (χ2v) is 8.00. The fourth-order valence-corrected chi connectivity index (χ4v) is 3.92. The van der Waals surface area contributed by atoms with Gasteiger partial charge in [0.15, 0.2) is 5.82 Å². The summed E-state index contributed by atoms with van der Waals surface area (Å²) in [7, 11) is 0. The first-order chi connectivity index (χ1) is 14.4. The van der Waals surface area contributed by atoms with E-state index in [1.165, 1.54) is 17.4 Å². The van der Waals surface area contributed by atoms with E-state index in [9.17, 15) is 10.1 Å². The van der Waals surface area contributed by atoms with Crippen molar-refractivity contribution >= 4 is 39.7 Å². The third kappa shape index (κ3) is 4.16. The molecule has 0 unspecified atom stereocenters. The molecule has 0 aliphatic carbocycles. The van der Waals surface area contributed by atoms with E-state index in [-0.39, 0.29) is 11.9 Å². The SMILES string of the molecule is Cc1cc([N+](=O)[O-])nn1[C@H](C)c1nnc(Nc2ccn(Cc3ccccc3Cl)n2)s1. The summed E-state index contributed by atoms with van der Waals surface area (Å²) < 4.78 is 3.35. The molecule has 12 heteroatoms. The molecule has 1 atom stereocenters. The summed E-state index contributed by atoms with van der Waals surface area (Å²) in [5.41, 5.74) is 1.65. The Hall–Kier alpha value is -3.31. The summed E-state index contributed by atoms with van der Waals surface area (Å²) in [4.78, 5) is 10.4. The molecule has 0 saturated heterocycles. The molecule has 0 spiro atoms. The smallest absolute Gasteiger partial charge is 0.358 e. The van der Waals surface area contributed by atoms with Gasteiger partial charge in [-0.2, -0.15) is 9.78 Å². The van der Waals surface area contributed by atoms with E-state index < -0.39 is 4.92 Å². The fourth-order valence-electron chi connectivity index (χ4n) is 2.94. The first-order valence-electron chi connectivity index (χ1n) is 8.98. The van der Waals surface area contributed by atoms with Crippen LogP contribution in [0.4, 0.5) is 16.8 Å². The van der Waals surface area contributed by atoms with Crippen LogP contribution in [0.5, 0.6) is 0 Å². The van der Waals surface area contributed by atoms with E-state index in [0.717, 1.165) is 5.56 Å². The minimum Gasteiger partial charge on any atom is -0.358 e. The molecule has 1 aromatic carbocycles. The lowest BCUT2D eigenvalue weighted by atomic mass is 10.2. The summed E-state index contributed by atoms with van der Waals surface area (Å²) in [5, 5.41) is 32.9. The second-order valence-electron chi connectivity index (χ2n) is 6.58.